The van der Waals surface area contributed by atoms with Crippen molar-refractivity contribution in [1.29, 1.82) is 0 Å². The van der Waals surface area contributed by atoms with Gasteiger partial charge in [-0.3, -0.25) is 0 Å². The average molecular weight is 562 g/mol. The summed E-state index contributed by atoms with van der Waals surface area (Å²) in [6.07, 6.45) is 0. The van der Waals surface area contributed by atoms with Crippen molar-refractivity contribution in [2.75, 3.05) is 4.90 Å². The van der Waals surface area contributed by atoms with Gasteiger partial charge in [-0.05, 0) is 92.0 Å². The van der Waals surface area contributed by atoms with Crippen LogP contribution in [-0.4, -0.2) is 0 Å². The monoisotopic (exact) mass is 561 g/mol. The SMILES string of the molecule is c1ccc(-c2cccc(N(c3ccc4oc5ccccc5c4c3)c3ccc4c5ccccc5c5ccccc5c4c3)c2)cc1. The highest BCUT2D eigenvalue weighted by Gasteiger charge is 2.18. The first kappa shape index (κ1) is 24.7. The molecule has 206 valence electrons. The average Bonchev–Trinajstić information content (AvgIpc) is 3.47. The van der Waals surface area contributed by atoms with E-state index in [4.69, 9.17) is 4.42 Å². The molecule has 0 aliphatic heterocycles. The molecule has 0 fully saturated rings. The van der Waals surface area contributed by atoms with Gasteiger partial charge in [-0.2, -0.15) is 0 Å². The van der Waals surface area contributed by atoms with Crippen LogP contribution in [0.4, 0.5) is 17.1 Å². The maximum absolute atomic E-state index is 6.20. The summed E-state index contributed by atoms with van der Waals surface area (Å²) in [5.74, 6) is 0. The number of furan rings is 1. The van der Waals surface area contributed by atoms with Gasteiger partial charge in [0.2, 0.25) is 0 Å². The van der Waals surface area contributed by atoms with Crippen molar-refractivity contribution in [3.8, 4) is 11.1 Å². The molecule has 0 saturated heterocycles. The number of rotatable bonds is 4. The van der Waals surface area contributed by atoms with Gasteiger partial charge in [0.25, 0.3) is 0 Å². The summed E-state index contributed by atoms with van der Waals surface area (Å²) < 4.78 is 6.20. The largest absolute Gasteiger partial charge is 0.456 e. The molecule has 9 aromatic rings. The first-order valence-corrected chi connectivity index (χ1v) is 15.0. The second-order valence-corrected chi connectivity index (χ2v) is 11.4. The molecule has 0 amide bonds. The molecule has 2 heteroatoms. The van der Waals surface area contributed by atoms with Gasteiger partial charge in [0.1, 0.15) is 11.2 Å². The summed E-state index contributed by atoms with van der Waals surface area (Å²) in [5, 5.41) is 9.84. The van der Waals surface area contributed by atoms with Gasteiger partial charge < -0.3 is 9.32 Å². The van der Waals surface area contributed by atoms with E-state index < -0.39 is 0 Å². The van der Waals surface area contributed by atoms with Gasteiger partial charge in [0, 0.05) is 27.8 Å². The molecule has 0 saturated carbocycles. The molecule has 44 heavy (non-hydrogen) atoms. The molecular formula is C42H27NO. The summed E-state index contributed by atoms with van der Waals surface area (Å²) in [5.41, 5.74) is 7.46. The Morgan fingerprint density at radius 2 is 0.795 bits per heavy atom. The maximum Gasteiger partial charge on any atom is 0.135 e. The third kappa shape index (κ3) is 3.89. The standard InChI is InChI=1S/C42H27NO/c1-2-11-28(12-3-1)29-13-10-14-30(25-29)43(32-22-24-42-40(27-32)38-19-8-9-20-41(38)44-42)31-21-23-37-35-17-5-4-15-33(35)34-16-6-7-18-36(34)39(37)26-31/h1-27H. The van der Waals surface area contributed by atoms with Gasteiger partial charge in [-0.15, -0.1) is 0 Å². The number of hydrogen-bond donors (Lipinski definition) is 0. The normalized spacial score (nSPS) is 11.6. The van der Waals surface area contributed by atoms with E-state index in [1.54, 1.807) is 0 Å². The van der Waals surface area contributed by atoms with Crippen LogP contribution in [0.3, 0.4) is 0 Å². The fourth-order valence-electron chi connectivity index (χ4n) is 6.79. The molecule has 8 aromatic carbocycles. The van der Waals surface area contributed by atoms with E-state index in [0.29, 0.717) is 0 Å². The van der Waals surface area contributed by atoms with Crippen molar-refractivity contribution in [1.82, 2.24) is 0 Å². The summed E-state index contributed by atoms with van der Waals surface area (Å²) >= 11 is 0. The minimum Gasteiger partial charge on any atom is -0.456 e. The molecule has 0 radical (unpaired) electrons. The Morgan fingerprint density at radius 3 is 1.52 bits per heavy atom. The predicted octanol–water partition coefficient (Wildman–Crippen LogP) is 12.2. The smallest absolute Gasteiger partial charge is 0.135 e. The molecular weight excluding hydrogens is 534 g/mol. The Bertz CT molecular complexity index is 2470. The molecule has 2 nitrogen and oxygen atoms in total. The van der Waals surface area contributed by atoms with Gasteiger partial charge >= 0.3 is 0 Å². The van der Waals surface area contributed by atoms with E-state index >= 15 is 0 Å². The zero-order valence-corrected chi connectivity index (χ0v) is 23.9. The van der Waals surface area contributed by atoms with Crippen molar-refractivity contribution in [3.05, 3.63) is 164 Å². The minimum atomic E-state index is 0.893. The highest BCUT2D eigenvalue weighted by Crippen LogP contribution is 2.43. The van der Waals surface area contributed by atoms with E-state index in [-0.39, 0.29) is 0 Å². The summed E-state index contributed by atoms with van der Waals surface area (Å²) in [6, 6.07) is 58.6. The number of fused-ring (bicyclic) bond motifs is 9. The Kier molecular flexibility index (Phi) is 5.54. The van der Waals surface area contributed by atoms with Crippen molar-refractivity contribution in [2.45, 2.75) is 0 Å². The van der Waals surface area contributed by atoms with Crippen molar-refractivity contribution >= 4 is 71.3 Å². The lowest BCUT2D eigenvalue weighted by atomic mass is 9.94. The van der Waals surface area contributed by atoms with Crippen LogP contribution < -0.4 is 4.90 Å². The highest BCUT2D eigenvalue weighted by atomic mass is 16.3. The lowest BCUT2D eigenvalue weighted by molar-refractivity contribution is 0.669. The Hall–Kier alpha value is -5.86. The lowest BCUT2D eigenvalue weighted by Gasteiger charge is -2.27. The van der Waals surface area contributed by atoms with Gasteiger partial charge in [-0.1, -0.05) is 115 Å². The highest BCUT2D eigenvalue weighted by molar-refractivity contribution is 6.25. The Labute approximate surface area is 255 Å². The zero-order chi connectivity index (χ0) is 29.0. The van der Waals surface area contributed by atoms with Crippen molar-refractivity contribution in [3.63, 3.8) is 0 Å². The predicted molar refractivity (Wildman–Crippen MR) is 186 cm³/mol. The van der Waals surface area contributed by atoms with E-state index in [1.807, 2.05) is 12.1 Å². The molecule has 0 aliphatic rings. The van der Waals surface area contributed by atoms with Crippen molar-refractivity contribution < 1.29 is 4.42 Å². The first-order chi connectivity index (χ1) is 21.8. The topological polar surface area (TPSA) is 16.4 Å². The molecule has 0 unspecified atom stereocenters. The van der Waals surface area contributed by atoms with Crippen LogP contribution in [0, 0.1) is 0 Å². The van der Waals surface area contributed by atoms with Crippen LogP contribution in [0.2, 0.25) is 0 Å². The lowest BCUT2D eigenvalue weighted by Crippen LogP contribution is -2.10. The fourth-order valence-corrected chi connectivity index (χ4v) is 6.79. The van der Waals surface area contributed by atoms with Gasteiger partial charge in [0.15, 0.2) is 0 Å². The third-order valence-corrected chi connectivity index (χ3v) is 8.82. The van der Waals surface area contributed by atoms with E-state index in [9.17, 15) is 0 Å². The van der Waals surface area contributed by atoms with Crippen LogP contribution in [0.5, 0.6) is 0 Å². The van der Waals surface area contributed by atoms with Crippen LogP contribution >= 0.6 is 0 Å². The van der Waals surface area contributed by atoms with E-state index in [1.165, 1.54) is 43.4 Å². The Morgan fingerprint density at radius 1 is 0.295 bits per heavy atom. The van der Waals surface area contributed by atoms with Crippen LogP contribution in [0.1, 0.15) is 0 Å². The van der Waals surface area contributed by atoms with E-state index in [2.05, 4.69) is 157 Å². The molecule has 0 aliphatic carbocycles. The minimum absolute atomic E-state index is 0.893. The van der Waals surface area contributed by atoms with Crippen molar-refractivity contribution in [2.24, 2.45) is 0 Å². The summed E-state index contributed by atoms with van der Waals surface area (Å²) in [4.78, 5) is 2.37. The molecule has 1 aromatic heterocycles. The number of anilines is 3. The molecule has 0 spiro atoms. The summed E-state index contributed by atoms with van der Waals surface area (Å²) in [7, 11) is 0. The molecule has 9 rings (SSSR count). The maximum atomic E-state index is 6.20. The first-order valence-electron chi connectivity index (χ1n) is 15.0. The van der Waals surface area contributed by atoms with Gasteiger partial charge in [-0.25, -0.2) is 0 Å². The quantitative estimate of drug-likeness (QED) is 0.199. The number of benzene rings is 8. The number of hydrogen-bond acceptors (Lipinski definition) is 2. The molecule has 0 N–H and O–H groups in total. The zero-order valence-electron chi connectivity index (χ0n) is 23.9. The van der Waals surface area contributed by atoms with Crippen LogP contribution in [-0.2, 0) is 0 Å². The Balaban J connectivity index is 1.32. The van der Waals surface area contributed by atoms with Crippen LogP contribution in [0.25, 0.3) is 65.4 Å². The van der Waals surface area contributed by atoms with Crippen LogP contribution in [0.15, 0.2) is 168 Å². The number of para-hydroxylation sites is 1. The van der Waals surface area contributed by atoms with Gasteiger partial charge in [0.05, 0.1) is 0 Å². The fraction of sp³-hybridized carbons (Fsp3) is 0. The van der Waals surface area contributed by atoms with E-state index in [0.717, 1.165) is 39.0 Å². The molecule has 1 heterocycles. The number of nitrogens with zero attached hydrogens (tertiary/aromatic N) is 1. The molecule has 0 atom stereocenters. The second-order valence-electron chi connectivity index (χ2n) is 11.4. The third-order valence-electron chi connectivity index (χ3n) is 8.82. The molecule has 0 bridgehead atoms. The second kappa shape index (κ2) is 9.86. The summed E-state index contributed by atoms with van der Waals surface area (Å²) in [6.45, 7) is 0.